The van der Waals surface area contributed by atoms with Gasteiger partial charge in [0.15, 0.2) is 5.75 Å². The lowest BCUT2D eigenvalue weighted by molar-refractivity contribution is 0.0772. The van der Waals surface area contributed by atoms with Gasteiger partial charge < -0.3 is 9.64 Å². The van der Waals surface area contributed by atoms with Gasteiger partial charge in [0.2, 0.25) is 0 Å². The van der Waals surface area contributed by atoms with Crippen molar-refractivity contribution in [1.29, 1.82) is 0 Å². The number of benzene rings is 1. The Kier molecular flexibility index (Phi) is 5.64. The lowest BCUT2D eigenvalue weighted by atomic mass is 10.2. The van der Waals surface area contributed by atoms with E-state index >= 15 is 0 Å². The molecule has 108 valence electrons. The molecule has 0 aromatic heterocycles. The molecule has 0 unspecified atom stereocenters. The fraction of sp³-hybridized carbons (Fsp3) is 0.357. The highest BCUT2D eigenvalue weighted by Gasteiger charge is 2.20. The van der Waals surface area contributed by atoms with E-state index in [1.54, 1.807) is 18.2 Å². The van der Waals surface area contributed by atoms with Crippen molar-refractivity contribution in [1.82, 2.24) is 4.90 Å². The first kappa shape index (κ1) is 15.5. The van der Waals surface area contributed by atoms with Crippen LogP contribution in [0.1, 0.15) is 10.4 Å². The number of halogens is 2. The smallest absolute Gasteiger partial charge is 0.254 e. The summed E-state index contributed by atoms with van der Waals surface area (Å²) in [6.07, 6.45) is 1.61. The molecule has 1 fully saturated rings. The Morgan fingerprint density at radius 2 is 1.95 bits per heavy atom. The zero-order valence-electron chi connectivity index (χ0n) is 10.9. The summed E-state index contributed by atoms with van der Waals surface area (Å²) in [5, 5.41) is 0.683. The van der Waals surface area contributed by atoms with Gasteiger partial charge >= 0.3 is 0 Å². The van der Waals surface area contributed by atoms with Gasteiger partial charge in [0.05, 0.1) is 10.0 Å². The second-order valence-electron chi connectivity index (χ2n) is 4.27. The van der Waals surface area contributed by atoms with Crippen molar-refractivity contribution in [2.45, 2.75) is 0 Å². The molecule has 0 atom stereocenters. The standard InChI is InChI=1S/C14H15Cl2NO2S/c1-2-5-19-13-11(15)8-10(9-12(13)16)14(18)17-3-6-20-7-4-17/h2,8-9H,1,3-7H2. The molecule has 1 aliphatic heterocycles. The average molecular weight is 332 g/mol. The molecular formula is C14H15Cl2NO2S. The van der Waals surface area contributed by atoms with Crippen molar-refractivity contribution in [3.05, 3.63) is 40.4 Å². The van der Waals surface area contributed by atoms with Crippen LogP contribution in [-0.2, 0) is 0 Å². The van der Waals surface area contributed by atoms with Crippen molar-refractivity contribution in [3.63, 3.8) is 0 Å². The maximum atomic E-state index is 12.4. The first-order valence-electron chi connectivity index (χ1n) is 6.23. The number of ether oxygens (including phenoxy) is 1. The first-order valence-corrected chi connectivity index (χ1v) is 8.14. The van der Waals surface area contributed by atoms with Crippen LogP contribution in [0, 0.1) is 0 Å². The number of thioether (sulfide) groups is 1. The highest BCUT2D eigenvalue weighted by molar-refractivity contribution is 7.99. The summed E-state index contributed by atoms with van der Waals surface area (Å²) >= 11 is 14.1. The quantitative estimate of drug-likeness (QED) is 0.787. The molecule has 1 aromatic rings. The summed E-state index contributed by atoms with van der Waals surface area (Å²) in [7, 11) is 0. The minimum Gasteiger partial charge on any atom is -0.486 e. The zero-order valence-corrected chi connectivity index (χ0v) is 13.2. The van der Waals surface area contributed by atoms with E-state index in [0.29, 0.717) is 28.0 Å². The Morgan fingerprint density at radius 3 is 2.50 bits per heavy atom. The van der Waals surface area contributed by atoms with Crippen molar-refractivity contribution in [2.24, 2.45) is 0 Å². The van der Waals surface area contributed by atoms with Gasteiger partial charge in [-0.15, -0.1) is 0 Å². The predicted octanol–water partition coefficient (Wildman–Crippen LogP) is 3.75. The predicted molar refractivity (Wildman–Crippen MR) is 85.4 cm³/mol. The summed E-state index contributed by atoms with van der Waals surface area (Å²) in [6, 6.07) is 3.21. The highest BCUT2D eigenvalue weighted by Crippen LogP contribution is 2.34. The molecule has 1 heterocycles. The maximum Gasteiger partial charge on any atom is 0.254 e. The lowest BCUT2D eigenvalue weighted by Gasteiger charge is -2.26. The van der Waals surface area contributed by atoms with Gasteiger partial charge in [-0.3, -0.25) is 4.79 Å². The zero-order chi connectivity index (χ0) is 14.5. The van der Waals surface area contributed by atoms with Gasteiger partial charge in [-0.1, -0.05) is 35.9 Å². The molecule has 2 rings (SSSR count). The normalized spacial score (nSPS) is 15.0. The fourth-order valence-corrected chi connectivity index (χ4v) is 3.41. The van der Waals surface area contributed by atoms with Crippen LogP contribution >= 0.6 is 35.0 Å². The summed E-state index contributed by atoms with van der Waals surface area (Å²) < 4.78 is 5.39. The molecule has 0 bridgehead atoms. The minimum atomic E-state index is -0.0376. The average Bonchev–Trinajstić information content (AvgIpc) is 2.46. The van der Waals surface area contributed by atoms with Crippen LogP contribution in [0.4, 0.5) is 0 Å². The van der Waals surface area contributed by atoms with Crippen molar-refractivity contribution in [2.75, 3.05) is 31.2 Å². The van der Waals surface area contributed by atoms with Crippen LogP contribution in [0.2, 0.25) is 10.0 Å². The third-order valence-corrected chi connectivity index (χ3v) is 4.39. The Hall–Kier alpha value is -0.840. The number of hydrogen-bond donors (Lipinski definition) is 0. The summed E-state index contributed by atoms with van der Waals surface area (Å²) in [4.78, 5) is 14.2. The van der Waals surface area contributed by atoms with E-state index in [-0.39, 0.29) is 5.91 Å². The second-order valence-corrected chi connectivity index (χ2v) is 6.31. The topological polar surface area (TPSA) is 29.5 Å². The molecule has 0 aliphatic carbocycles. The third kappa shape index (κ3) is 3.62. The summed E-state index contributed by atoms with van der Waals surface area (Å²) in [5.41, 5.74) is 0.498. The molecular weight excluding hydrogens is 317 g/mol. The largest absolute Gasteiger partial charge is 0.486 e. The molecule has 1 saturated heterocycles. The van der Waals surface area contributed by atoms with Crippen molar-refractivity contribution >= 4 is 40.9 Å². The van der Waals surface area contributed by atoms with E-state index < -0.39 is 0 Å². The number of hydrogen-bond acceptors (Lipinski definition) is 3. The third-order valence-electron chi connectivity index (χ3n) is 2.89. The van der Waals surface area contributed by atoms with Gasteiger partial charge in [0.25, 0.3) is 5.91 Å². The molecule has 0 radical (unpaired) electrons. The Labute approximate surface area is 132 Å². The van der Waals surface area contributed by atoms with Gasteiger partial charge in [0.1, 0.15) is 6.61 Å². The molecule has 20 heavy (non-hydrogen) atoms. The molecule has 1 aromatic carbocycles. The Bertz CT molecular complexity index is 493. The van der Waals surface area contributed by atoms with E-state index in [1.807, 2.05) is 16.7 Å². The van der Waals surface area contributed by atoms with Crippen LogP contribution in [0.15, 0.2) is 24.8 Å². The first-order chi connectivity index (χ1) is 9.63. The van der Waals surface area contributed by atoms with Gasteiger partial charge in [0, 0.05) is 30.2 Å². The van der Waals surface area contributed by atoms with Crippen LogP contribution in [0.3, 0.4) is 0 Å². The lowest BCUT2D eigenvalue weighted by Crippen LogP contribution is -2.37. The van der Waals surface area contributed by atoms with Crippen LogP contribution in [0.25, 0.3) is 0 Å². The Balaban J connectivity index is 2.20. The Morgan fingerprint density at radius 1 is 1.35 bits per heavy atom. The van der Waals surface area contributed by atoms with Gasteiger partial charge in [-0.25, -0.2) is 0 Å². The summed E-state index contributed by atoms with van der Waals surface area (Å²) in [5.74, 6) is 2.28. The van der Waals surface area contributed by atoms with Crippen molar-refractivity contribution < 1.29 is 9.53 Å². The number of nitrogens with zero attached hydrogens (tertiary/aromatic N) is 1. The molecule has 1 aliphatic rings. The minimum absolute atomic E-state index is 0.0376. The number of amides is 1. The fourth-order valence-electron chi connectivity index (χ4n) is 1.91. The van der Waals surface area contributed by atoms with E-state index in [9.17, 15) is 4.79 Å². The van der Waals surface area contributed by atoms with E-state index in [4.69, 9.17) is 27.9 Å². The molecule has 3 nitrogen and oxygen atoms in total. The number of carbonyl (C=O) groups is 1. The van der Waals surface area contributed by atoms with E-state index in [1.165, 1.54) is 0 Å². The molecule has 0 spiro atoms. The summed E-state index contributed by atoms with van der Waals surface area (Å²) in [6.45, 7) is 5.40. The van der Waals surface area contributed by atoms with E-state index in [2.05, 4.69) is 6.58 Å². The van der Waals surface area contributed by atoms with E-state index in [0.717, 1.165) is 24.6 Å². The second kappa shape index (κ2) is 7.25. The van der Waals surface area contributed by atoms with Crippen LogP contribution in [-0.4, -0.2) is 42.0 Å². The SMILES string of the molecule is C=CCOc1c(Cl)cc(C(=O)N2CCSCC2)cc1Cl. The monoisotopic (exact) mass is 331 g/mol. The molecule has 0 N–H and O–H groups in total. The molecule has 6 heteroatoms. The van der Waals surface area contributed by atoms with Crippen LogP contribution < -0.4 is 4.74 Å². The van der Waals surface area contributed by atoms with Crippen molar-refractivity contribution in [3.8, 4) is 5.75 Å². The maximum absolute atomic E-state index is 12.4. The highest BCUT2D eigenvalue weighted by atomic mass is 35.5. The number of carbonyl (C=O) groups excluding carboxylic acids is 1. The molecule has 0 saturated carbocycles. The molecule has 1 amide bonds. The van der Waals surface area contributed by atoms with Crippen LogP contribution in [0.5, 0.6) is 5.75 Å². The van der Waals surface area contributed by atoms with Gasteiger partial charge in [-0.2, -0.15) is 11.8 Å². The van der Waals surface area contributed by atoms with Gasteiger partial charge in [-0.05, 0) is 12.1 Å². The number of rotatable bonds is 4.